The zero-order valence-corrected chi connectivity index (χ0v) is 9.70. The van der Waals surface area contributed by atoms with Crippen LogP contribution in [0.3, 0.4) is 0 Å². The molecule has 0 amide bonds. The summed E-state index contributed by atoms with van der Waals surface area (Å²) in [5, 5.41) is 0. The fraction of sp³-hybridized carbons (Fsp3) is 0.111. The Morgan fingerprint density at radius 1 is 1.17 bits per heavy atom. The van der Waals surface area contributed by atoms with E-state index in [2.05, 4.69) is 9.97 Å². The Morgan fingerprint density at radius 2 is 1.78 bits per heavy atom. The lowest BCUT2D eigenvalue weighted by atomic mass is 10.2. The van der Waals surface area contributed by atoms with Gasteiger partial charge in [-0.05, 0) is 17.7 Å². The average molecular weight is 274 g/mol. The van der Waals surface area contributed by atoms with Crippen molar-refractivity contribution in [3.63, 3.8) is 0 Å². The van der Waals surface area contributed by atoms with Crippen LogP contribution < -0.4 is 11.1 Å². The summed E-state index contributed by atoms with van der Waals surface area (Å²) < 4.78 is 24.2. The van der Waals surface area contributed by atoms with Crippen LogP contribution in [0.2, 0.25) is 0 Å². The van der Waals surface area contributed by atoms with Gasteiger partial charge in [0.15, 0.2) is 0 Å². The summed E-state index contributed by atoms with van der Waals surface area (Å²) in [7, 11) is -4.42. The molecule has 1 aromatic heterocycles. The van der Waals surface area contributed by atoms with E-state index in [1.165, 1.54) is 0 Å². The standard InChI is InChI=1S/C9H8FN2O5P/c10-5-1-4(3-18(15,16)17)7-6(2-5)11-8(13)9(14)12-7/h1-2H,3H2,(H,11,13)(H,12,14)(H2,15,16,17). The second-order valence-electron chi connectivity index (χ2n) is 3.72. The predicted octanol–water partition coefficient (Wildman–Crippen LogP) is 0.0332. The van der Waals surface area contributed by atoms with Crippen molar-refractivity contribution in [1.29, 1.82) is 0 Å². The molecule has 7 nitrogen and oxygen atoms in total. The number of H-pyrrole nitrogens is 2. The van der Waals surface area contributed by atoms with Crippen LogP contribution in [0.25, 0.3) is 11.0 Å². The predicted molar refractivity (Wildman–Crippen MR) is 60.9 cm³/mol. The van der Waals surface area contributed by atoms with Crippen molar-refractivity contribution in [2.24, 2.45) is 0 Å². The highest BCUT2D eigenvalue weighted by Gasteiger charge is 2.18. The molecule has 0 fully saturated rings. The van der Waals surface area contributed by atoms with Crippen molar-refractivity contribution in [3.05, 3.63) is 44.2 Å². The highest BCUT2D eigenvalue weighted by atomic mass is 31.2. The number of hydrogen-bond acceptors (Lipinski definition) is 3. The Balaban J connectivity index is 2.80. The largest absolute Gasteiger partial charge is 0.329 e. The van der Waals surface area contributed by atoms with Gasteiger partial charge in [-0.1, -0.05) is 0 Å². The van der Waals surface area contributed by atoms with Gasteiger partial charge in [-0.25, -0.2) is 4.39 Å². The van der Waals surface area contributed by atoms with Crippen molar-refractivity contribution in [1.82, 2.24) is 9.97 Å². The maximum atomic E-state index is 13.2. The van der Waals surface area contributed by atoms with Crippen molar-refractivity contribution in [2.45, 2.75) is 6.16 Å². The van der Waals surface area contributed by atoms with Crippen LogP contribution in [0, 0.1) is 5.82 Å². The quantitative estimate of drug-likeness (QED) is 0.454. The summed E-state index contributed by atoms with van der Waals surface area (Å²) in [4.78, 5) is 44.3. The van der Waals surface area contributed by atoms with E-state index in [-0.39, 0.29) is 16.6 Å². The van der Waals surface area contributed by atoms with Gasteiger partial charge in [0.1, 0.15) is 5.82 Å². The maximum Gasteiger partial charge on any atom is 0.329 e. The lowest BCUT2D eigenvalue weighted by Crippen LogP contribution is -2.29. The van der Waals surface area contributed by atoms with E-state index < -0.39 is 30.7 Å². The number of rotatable bonds is 2. The van der Waals surface area contributed by atoms with Crippen LogP contribution in [0.1, 0.15) is 5.56 Å². The lowest BCUT2D eigenvalue weighted by molar-refractivity contribution is 0.372. The molecule has 9 heteroatoms. The third-order valence-corrected chi connectivity index (χ3v) is 3.01. The van der Waals surface area contributed by atoms with Crippen LogP contribution in [-0.2, 0) is 10.7 Å². The molecule has 0 aliphatic rings. The summed E-state index contributed by atoms with van der Waals surface area (Å²) >= 11 is 0. The lowest BCUT2D eigenvalue weighted by Gasteiger charge is -2.07. The maximum absolute atomic E-state index is 13.2. The highest BCUT2D eigenvalue weighted by Crippen LogP contribution is 2.40. The van der Waals surface area contributed by atoms with E-state index in [9.17, 15) is 18.5 Å². The monoisotopic (exact) mass is 274 g/mol. The van der Waals surface area contributed by atoms with E-state index in [4.69, 9.17) is 9.79 Å². The Bertz CT molecular complexity index is 775. The average Bonchev–Trinajstić information content (AvgIpc) is 2.18. The Hall–Kier alpha value is -1.76. The smallest absolute Gasteiger partial charge is 0.324 e. The molecule has 0 aliphatic carbocycles. The second-order valence-corrected chi connectivity index (χ2v) is 5.36. The summed E-state index contributed by atoms with van der Waals surface area (Å²) in [5.74, 6) is -0.770. The third-order valence-electron chi connectivity index (χ3n) is 2.25. The zero-order valence-electron chi connectivity index (χ0n) is 8.81. The van der Waals surface area contributed by atoms with Crippen LogP contribution in [-0.4, -0.2) is 19.8 Å². The summed E-state index contributed by atoms with van der Waals surface area (Å²) in [6, 6.07) is 1.85. The van der Waals surface area contributed by atoms with E-state index in [0.29, 0.717) is 0 Å². The van der Waals surface area contributed by atoms with Gasteiger partial charge in [-0.2, -0.15) is 0 Å². The topological polar surface area (TPSA) is 123 Å². The molecule has 0 bridgehead atoms. The van der Waals surface area contributed by atoms with Crippen molar-refractivity contribution < 1.29 is 18.7 Å². The minimum atomic E-state index is -4.42. The molecule has 4 N–H and O–H groups in total. The summed E-state index contributed by atoms with van der Waals surface area (Å²) in [6.07, 6.45) is -0.733. The van der Waals surface area contributed by atoms with Crippen molar-refractivity contribution in [2.75, 3.05) is 0 Å². The Morgan fingerprint density at radius 3 is 2.39 bits per heavy atom. The first-order valence-corrected chi connectivity index (χ1v) is 6.55. The molecule has 0 atom stereocenters. The number of aromatic nitrogens is 2. The first-order chi connectivity index (χ1) is 8.26. The highest BCUT2D eigenvalue weighted by molar-refractivity contribution is 7.50. The van der Waals surface area contributed by atoms with Crippen molar-refractivity contribution >= 4 is 18.6 Å². The molecule has 2 aromatic rings. The molecule has 0 unspecified atom stereocenters. The van der Waals surface area contributed by atoms with Crippen LogP contribution in [0.5, 0.6) is 0 Å². The number of aromatic amines is 2. The number of benzene rings is 1. The Kier molecular flexibility index (Phi) is 2.94. The number of nitrogens with one attached hydrogen (secondary N) is 2. The van der Waals surface area contributed by atoms with Gasteiger partial charge >= 0.3 is 18.7 Å². The van der Waals surface area contributed by atoms with Gasteiger partial charge < -0.3 is 19.8 Å². The zero-order chi connectivity index (χ0) is 13.5. The molecule has 2 rings (SSSR count). The SMILES string of the molecule is O=c1[nH]c2cc(F)cc(CP(=O)(O)O)c2[nH]c1=O. The molecule has 1 aromatic carbocycles. The van der Waals surface area contributed by atoms with Gasteiger partial charge in [0.2, 0.25) is 0 Å². The van der Waals surface area contributed by atoms with Crippen LogP contribution in [0.4, 0.5) is 4.39 Å². The van der Waals surface area contributed by atoms with Gasteiger partial charge in [0.05, 0.1) is 17.2 Å². The minimum Gasteiger partial charge on any atom is -0.324 e. The molecule has 0 saturated heterocycles. The fourth-order valence-corrected chi connectivity index (χ4v) is 2.30. The number of fused-ring (bicyclic) bond motifs is 1. The molecule has 0 saturated carbocycles. The molecular weight excluding hydrogens is 266 g/mol. The van der Waals surface area contributed by atoms with Gasteiger partial charge in [-0.15, -0.1) is 0 Å². The molecular formula is C9H8FN2O5P. The summed E-state index contributed by atoms with van der Waals surface area (Å²) in [6.45, 7) is 0. The van der Waals surface area contributed by atoms with Crippen LogP contribution in [0.15, 0.2) is 21.7 Å². The molecule has 0 spiro atoms. The first-order valence-electron chi connectivity index (χ1n) is 4.75. The van der Waals surface area contributed by atoms with E-state index in [1.54, 1.807) is 0 Å². The fourth-order valence-electron chi connectivity index (χ4n) is 1.61. The number of hydrogen-bond donors (Lipinski definition) is 4. The van der Waals surface area contributed by atoms with E-state index >= 15 is 0 Å². The van der Waals surface area contributed by atoms with Crippen molar-refractivity contribution in [3.8, 4) is 0 Å². The summed E-state index contributed by atoms with van der Waals surface area (Å²) in [5.41, 5.74) is -2.03. The van der Waals surface area contributed by atoms with Crippen LogP contribution >= 0.6 is 7.60 Å². The van der Waals surface area contributed by atoms with Gasteiger partial charge in [0, 0.05) is 0 Å². The van der Waals surface area contributed by atoms with Gasteiger partial charge in [0.25, 0.3) is 0 Å². The van der Waals surface area contributed by atoms with E-state index in [1.807, 2.05) is 0 Å². The first kappa shape index (κ1) is 12.7. The molecule has 0 radical (unpaired) electrons. The number of halogens is 1. The molecule has 18 heavy (non-hydrogen) atoms. The minimum absolute atomic E-state index is 0.00400. The normalized spacial score (nSPS) is 11.9. The Labute approximate surface area is 98.5 Å². The second kappa shape index (κ2) is 4.16. The molecule has 0 aliphatic heterocycles. The molecule has 96 valence electrons. The van der Waals surface area contributed by atoms with E-state index in [0.717, 1.165) is 12.1 Å². The third kappa shape index (κ3) is 2.56. The van der Waals surface area contributed by atoms with Gasteiger partial charge in [-0.3, -0.25) is 14.2 Å². The molecule has 1 heterocycles.